The number of benzene rings is 1. The molecule has 0 bridgehead atoms. The van der Waals surface area contributed by atoms with Crippen molar-refractivity contribution in [2.45, 2.75) is 13.8 Å². The summed E-state index contributed by atoms with van der Waals surface area (Å²) in [6, 6.07) is 7.12. The zero-order valence-corrected chi connectivity index (χ0v) is 12.4. The van der Waals surface area contributed by atoms with Gasteiger partial charge >= 0.3 is 11.9 Å². The summed E-state index contributed by atoms with van der Waals surface area (Å²) in [6.45, 7) is 4.37. The second-order valence-corrected chi connectivity index (χ2v) is 5.52. The normalized spacial score (nSPS) is 25.0. The number of ether oxygens (including phenoxy) is 2. The molecule has 6 nitrogen and oxygen atoms in total. The summed E-state index contributed by atoms with van der Waals surface area (Å²) in [7, 11) is 0. The van der Waals surface area contributed by atoms with Crippen LogP contribution in [-0.2, 0) is 19.1 Å². The number of carbonyl (C=O) groups is 2. The van der Waals surface area contributed by atoms with Crippen LogP contribution in [-0.4, -0.2) is 36.8 Å². The quantitative estimate of drug-likeness (QED) is 0.777. The number of nitrogens with zero attached hydrogens (tertiary/aromatic N) is 2. The van der Waals surface area contributed by atoms with Crippen LogP contribution in [0.15, 0.2) is 34.3 Å². The topological polar surface area (TPSA) is 77.3 Å². The molecule has 1 aromatic carbocycles. The molecule has 0 N–H and O–H groups in total. The minimum absolute atomic E-state index is 0.225. The van der Waals surface area contributed by atoms with Crippen molar-refractivity contribution >= 4 is 23.7 Å². The van der Waals surface area contributed by atoms with Gasteiger partial charge in [-0.3, -0.25) is 9.59 Å². The third-order valence-corrected chi connectivity index (χ3v) is 3.57. The molecule has 2 aliphatic heterocycles. The minimum atomic E-state index is -0.286. The van der Waals surface area contributed by atoms with E-state index < -0.39 is 0 Å². The van der Waals surface area contributed by atoms with Crippen LogP contribution < -0.4 is 0 Å². The summed E-state index contributed by atoms with van der Waals surface area (Å²) < 4.78 is 10.5. The Hall–Kier alpha value is -2.50. The Morgan fingerprint density at radius 2 is 1.36 bits per heavy atom. The summed E-state index contributed by atoms with van der Waals surface area (Å²) in [4.78, 5) is 31.8. The second-order valence-electron chi connectivity index (χ2n) is 5.52. The molecule has 0 aromatic heterocycles. The number of aliphatic imine (C=N–C) groups is 2. The molecule has 3 rings (SSSR count). The fourth-order valence-electron chi connectivity index (χ4n) is 2.13. The smallest absolute Gasteiger partial charge is 0.317 e. The van der Waals surface area contributed by atoms with E-state index in [1.165, 1.54) is 0 Å². The monoisotopic (exact) mass is 300 g/mol. The Balaban J connectivity index is 1.88. The number of carbonyl (C=O) groups excluding carboxylic acids is 2. The first-order valence-electron chi connectivity index (χ1n) is 7.17. The van der Waals surface area contributed by atoms with Gasteiger partial charge < -0.3 is 9.47 Å². The van der Waals surface area contributed by atoms with E-state index in [0.717, 1.165) is 0 Å². The Morgan fingerprint density at radius 1 is 0.909 bits per heavy atom. The van der Waals surface area contributed by atoms with Crippen molar-refractivity contribution in [2.24, 2.45) is 21.8 Å². The van der Waals surface area contributed by atoms with Crippen LogP contribution in [0.2, 0.25) is 0 Å². The second kappa shape index (κ2) is 5.71. The molecule has 0 amide bonds. The SMILES string of the molecule is CC1CN=C(c2cccc(C3=NCC(C)C(=O)O3)c2)OC1=O. The molecule has 0 radical (unpaired) electrons. The number of cyclic esters (lactones) is 2. The summed E-state index contributed by atoms with van der Waals surface area (Å²) in [5.74, 6) is -0.437. The molecular formula is C16H16N2O4. The molecule has 0 aliphatic carbocycles. The maximum Gasteiger partial charge on any atom is 0.317 e. The molecule has 0 spiro atoms. The van der Waals surface area contributed by atoms with E-state index in [1.54, 1.807) is 38.1 Å². The van der Waals surface area contributed by atoms with Crippen LogP contribution in [0.4, 0.5) is 0 Å². The van der Waals surface area contributed by atoms with Gasteiger partial charge in [0.25, 0.3) is 0 Å². The van der Waals surface area contributed by atoms with Crippen molar-refractivity contribution in [3.05, 3.63) is 35.4 Å². The van der Waals surface area contributed by atoms with Gasteiger partial charge in [-0.1, -0.05) is 19.9 Å². The predicted molar refractivity (Wildman–Crippen MR) is 79.8 cm³/mol. The van der Waals surface area contributed by atoms with Crippen molar-refractivity contribution in [3.63, 3.8) is 0 Å². The highest BCUT2D eigenvalue weighted by atomic mass is 16.5. The van der Waals surface area contributed by atoms with Gasteiger partial charge in [0, 0.05) is 11.1 Å². The fraction of sp³-hybridized carbons (Fsp3) is 0.375. The van der Waals surface area contributed by atoms with Crippen molar-refractivity contribution < 1.29 is 19.1 Å². The molecule has 0 saturated carbocycles. The lowest BCUT2D eigenvalue weighted by Gasteiger charge is -2.19. The van der Waals surface area contributed by atoms with E-state index in [9.17, 15) is 9.59 Å². The largest absolute Gasteiger partial charge is 0.407 e. The van der Waals surface area contributed by atoms with Crippen LogP contribution in [0.5, 0.6) is 0 Å². The van der Waals surface area contributed by atoms with Gasteiger partial charge in [-0.05, 0) is 18.2 Å². The standard InChI is InChI=1S/C16H16N2O4/c1-9-7-17-13(21-15(9)19)11-4-3-5-12(6-11)14-18-8-10(2)16(20)22-14/h3-6,9-10H,7-8H2,1-2H3. The number of rotatable bonds is 2. The Kier molecular flexibility index (Phi) is 3.75. The first-order chi connectivity index (χ1) is 10.5. The molecule has 22 heavy (non-hydrogen) atoms. The molecule has 2 heterocycles. The molecule has 114 valence electrons. The maximum atomic E-state index is 11.6. The maximum absolute atomic E-state index is 11.6. The van der Waals surface area contributed by atoms with Gasteiger partial charge in [-0.15, -0.1) is 0 Å². The molecule has 0 fully saturated rings. The summed E-state index contributed by atoms with van der Waals surface area (Å²) in [5.41, 5.74) is 1.32. The van der Waals surface area contributed by atoms with Crippen LogP contribution >= 0.6 is 0 Å². The lowest BCUT2D eigenvalue weighted by atomic mass is 10.1. The molecule has 0 saturated heterocycles. The molecule has 2 unspecified atom stereocenters. The highest BCUT2D eigenvalue weighted by Gasteiger charge is 2.25. The van der Waals surface area contributed by atoms with Gasteiger partial charge in [0.2, 0.25) is 11.8 Å². The summed E-state index contributed by atoms with van der Waals surface area (Å²) in [5, 5.41) is 0. The first-order valence-corrected chi connectivity index (χ1v) is 7.17. The summed E-state index contributed by atoms with van der Waals surface area (Å²) in [6.07, 6.45) is 0. The number of esters is 2. The van der Waals surface area contributed by atoms with Crippen LogP contribution in [0.25, 0.3) is 0 Å². The van der Waals surface area contributed by atoms with E-state index in [1.807, 2.05) is 0 Å². The van der Waals surface area contributed by atoms with Gasteiger partial charge in [0.05, 0.1) is 24.9 Å². The number of hydrogen-bond acceptors (Lipinski definition) is 6. The van der Waals surface area contributed by atoms with Crippen molar-refractivity contribution in [2.75, 3.05) is 13.1 Å². The Bertz CT molecular complexity index is 638. The zero-order valence-electron chi connectivity index (χ0n) is 12.4. The molecule has 2 atom stereocenters. The van der Waals surface area contributed by atoms with E-state index in [-0.39, 0.29) is 23.8 Å². The predicted octanol–water partition coefficient (Wildman–Crippen LogP) is 1.57. The first kappa shape index (κ1) is 14.4. The fourth-order valence-corrected chi connectivity index (χ4v) is 2.13. The van der Waals surface area contributed by atoms with Crippen LogP contribution in [0, 0.1) is 11.8 Å². The Labute approximate surface area is 127 Å². The molecule has 2 aliphatic rings. The van der Waals surface area contributed by atoms with E-state index in [2.05, 4.69) is 9.98 Å². The van der Waals surface area contributed by atoms with Crippen molar-refractivity contribution in [3.8, 4) is 0 Å². The zero-order chi connectivity index (χ0) is 15.7. The average Bonchev–Trinajstić information content (AvgIpc) is 2.53. The van der Waals surface area contributed by atoms with Gasteiger partial charge in [0.1, 0.15) is 0 Å². The average molecular weight is 300 g/mol. The molecule has 6 heteroatoms. The molecule has 1 aromatic rings. The van der Waals surface area contributed by atoms with Crippen LogP contribution in [0.1, 0.15) is 25.0 Å². The minimum Gasteiger partial charge on any atom is -0.407 e. The number of hydrogen-bond donors (Lipinski definition) is 0. The van der Waals surface area contributed by atoms with E-state index >= 15 is 0 Å². The van der Waals surface area contributed by atoms with Gasteiger partial charge in [-0.25, -0.2) is 9.98 Å². The van der Waals surface area contributed by atoms with Gasteiger partial charge in [-0.2, -0.15) is 0 Å². The van der Waals surface area contributed by atoms with E-state index in [0.29, 0.717) is 36.0 Å². The highest BCUT2D eigenvalue weighted by molar-refractivity contribution is 6.06. The summed E-state index contributed by atoms with van der Waals surface area (Å²) >= 11 is 0. The van der Waals surface area contributed by atoms with Crippen molar-refractivity contribution in [1.82, 2.24) is 0 Å². The Morgan fingerprint density at radius 3 is 1.77 bits per heavy atom. The molecular weight excluding hydrogens is 284 g/mol. The van der Waals surface area contributed by atoms with Crippen molar-refractivity contribution in [1.29, 1.82) is 0 Å². The third kappa shape index (κ3) is 2.77. The lowest BCUT2D eigenvalue weighted by Crippen LogP contribution is -2.29. The highest BCUT2D eigenvalue weighted by Crippen LogP contribution is 2.17. The van der Waals surface area contributed by atoms with E-state index in [4.69, 9.17) is 9.47 Å². The van der Waals surface area contributed by atoms with Crippen LogP contribution in [0.3, 0.4) is 0 Å². The van der Waals surface area contributed by atoms with Gasteiger partial charge in [0.15, 0.2) is 0 Å². The third-order valence-electron chi connectivity index (χ3n) is 3.57. The lowest BCUT2D eigenvalue weighted by molar-refractivity contribution is -0.140.